The van der Waals surface area contributed by atoms with E-state index < -0.39 is 0 Å². The molecule has 1 atom stereocenters. The van der Waals surface area contributed by atoms with Gasteiger partial charge in [-0.1, -0.05) is 25.1 Å². The second-order valence-electron chi connectivity index (χ2n) is 5.86. The summed E-state index contributed by atoms with van der Waals surface area (Å²) in [6.45, 7) is 7.48. The number of nitrogens with one attached hydrogen (secondary N) is 1. The smallest absolute Gasteiger partial charge is 0.234 e. The van der Waals surface area contributed by atoms with Gasteiger partial charge in [-0.05, 0) is 19.4 Å². The molecule has 1 aromatic carbocycles. The van der Waals surface area contributed by atoms with Crippen LogP contribution in [0.1, 0.15) is 25.8 Å². The van der Waals surface area contributed by atoms with Gasteiger partial charge in [0.15, 0.2) is 0 Å². The summed E-state index contributed by atoms with van der Waals surface area (Å²) >= 11 is 0. The van der Waals surface area contributed by atoms with Crippen LogP contribution in [0.3, 0.4) is 0 Å². The van der Waals surface area contributed by atoms with Crippen LogP contribution in [0.5, 0.6) is 5.88 Å². The van der Waals surface area contributed by atoms with E-state index in [1.807, 2.05) is 31.2 Å². The molecular weight excluding hydrogens is 288 g/mol. The highest BCUT2D eigenvalue weighted by atomic mass is 16.5. The Morgan fingerprint density at radius 3 is 3.00 bits per heavy atom. The van der Waals surface area contributed by atoms with Crippen molar-refractivity contribution in [3.05, 3.63) is 29.8 Å². The quantitative estimate of drug-likeness (QED) is 0.941. The van der Waals surface area contributed by atoms with Crippen molar-refractivity contribution in [1.29, 1.82) is 5.26 Å². The van der Waals surface area contributed by atoms with Gasteiger partial charge in [0.05, 0.1) is 17.8 Å². The summed E-state index contributed by atoms with van der Waals surface area (Å²) in [5.74, 6) is 0.453. The minimum Gasteiger partial charge on any atom is -0.477 e. The minimum atomic E-state index is 0.320. The zero-order valence-electron chi connectivity index (χ0n) is 13.7. The topological polar surface area (TPSA) is 61.2 Å². The van der Waals surface area contributed by atoms with Crippen LogP contribution in [-0.4, -0.2) is 37.3 Å². The van der Waals surface area contributed by atoms with Crippen molar-refractivity contribution in [2.45, 2.75) is 26.3 Å². The molecule has 3 rings (SSSR count). The van der Waals surface area contributed by atoms with Crippen LogP contribution in [0.15, 0.2) is 24.3 Å². The number of hydrogen-bond donors (Lipinski definition) is 1. The van der Waals surface area contributed by atoms with E-state index in [1.54, 1.807) is 0 Å². The second kappa shape index (κ2) is 6.84. The predicted molar refractivity (Wildman–Crippen MR) is 91.9 cm³/mol. The first kappa shape index (κ1) is 15.6. The highest BCUT2D eigenvalue weighted by molar-refractivity contribution is 5.96. The Hall–Kier alpha value is -2.32. The average molecular weight is 310 g/mol. The number of pyridine rings is 1. The largest absolute Gasteiger partial charge is 0.477 e. The molecule has 1 fully saturated rings. The van der Waals surface area contributed by atoms with Crippen molar-refractivity contribution in [2.24, 2.45) is 0 Å². The number of aromatic nitrogens is 1. The molecule has 0 spiro atoms. The molecule has 1 saturated heterocycles. The zero-order chi connectivity index (χ0) is 16.2. The molecule has 0 amide bonds. The molecular formula is C18H22N4O. The van der Waals surface area contributed by atoms with Crippen LogP contribution < -0.4 is 15.0 Å². The van der Waals surface area contributed by atoms with E-state index in [4.69, 9.17) is 4.74 Å². The number of benzene rings is 1. The molecule has 1 aromatic heterocycles. The second-order valence-corrected chi connectivity index (χ2v) is 5.86. The fraction of sp³-hybridized carbons (Fsp3) is 0.444. The van der Waals surface area contributed by atoms with E-state index >= 15 is 0 Å². The lowest BCUT2D eigenvalue weighted by atomic mass is 10.1. The molecule has 2 heterocycles. The van der Waals surface area contributed by atoms with Gasteiger partial charge in [-0.3, -0.25) is 0 Å². The monoisotopic (exact) mass is 310 g/mol. The Morgan fingerprint density at radius 1 is 1.43 bits per heavy atom. The summed E-state index contributed by atoms with van der Waals surface area (Å²) in [7, 11) is 0. The predicted octanol–water partition coefficient (Wildman–Crippen LogP) is 2.69. The third kappa shape index (κ3) is 2.95. The normalized spacial score (nSPS) is 18.0. The maximum absolute atomic E-state index is 9.76. The Bertz CT molecular complexity index is 738. The number of piperazine rings is 1. The van der Waals surface area contributed by atoms with Gasteiger partial charge >= 0.3 is 0 Å². The van der Waals surface area contributed by atoms with Crippen molar-refractivity contribution in [3.8, 4) is 11.9 Å². The SMILES string of the molecule is CCCOc1nc2ccccc2c(N2CCNCC2C)c1C#N. The lowest BCUT2D eigenvalue weighted by molar-refractivity contribution is 0.305. The van der Waals surface area contributed by atoms with Gasteiger partial charge in [0.1, 0.15) is 11.6 Å². The van der Waals surface area contributed by atoms with Gasteiger partial charge in [-0.2, -0.15) is 5.26 Å². The molecule has 23 heavy (non-hydrogen) atoms. The molecule has 0 radical (unpaired) electrons. The lowest BCUT2D eigenvalue weighted by Gasteiger charge is -2.37. The number of ether oxygens (including phenoxy) is 1. The van der Waals surface area contributed by atoms with Crippen molar-refractivity contribution in [3.63, 3.8) is 0 Å². The molecule has 1 aliphatic heterocycles. The molecule has 0 saturated carbocycles. The molecule has 1 aliphatic rings. The molecule has 5 nitrogen and oxygen atoms in total. The van der Waals surface area contributed by atoms with E-state index in [0.29, 0.717) is 24.1 Å². The maximum Gasteiger partial charge on any atom is 0.234 e. The minimum absolute atomic E-state index is 0.320. The Kier molecular flexibility index (Phi) is 4.63. The third-order valence-corrected chi connectivity index (χ3v) is 4.18. The molecule has 120 valence electrons. The number of para-hydroxylation sites is 1. The maximum atomic E-state index is 9.76. The van der Waals surface area contributed by atoms with Crippen LogP contribution >= 0.6 is 0 Å². The van der Waals surface area contributed by atoms with E-state index in [2.05, 4.69) is 28.2 Å². The van der Waals surface area contributed by atoms with E-state index in [0.717, 1.165) is 42.6 Å². The fourth-order valence-electron chi connectivity index (χ4n) is 3.05. The van der Waals surface area contributed by atoms with Crippen LogP contribution in [-0.2, 0) is 0 Å². The Balaban J connectivity index is 2.21. The third-order valence-electron chi connectivity index (χ3n) is 4.18. The number of nitriles is 1. The zero-order valence-corrected chi connectivity index (χ0v) is 13.7. The number of fused-ring (bicyclic) bond motifs is 1. The molecule has 0 aliphatic carbocycles. The van der Waals surface area contributed by atoms with E-state index in [9.17, 15) is 5.26 Å². The highest BCUT2D eigenvalue weighted by Crippen LogP contribution is 2.36. The van der Waals surface area contributed by atoms with Crippen molar-refractivity contribution >= 4 is 16.6 Å². The molecule has 5 heteroatoms. The molecule has 0 bridgehead atoms. The van der Waals surface area contributed by atoms with Crippen molar-refractivity contribution < 1.29 is 4.74 Å². The lowest BCUT2D eigenvalue weighted by Crippen LogP contribution is -2.50. The summed E-state index contributed by atoms with van der Waals surface area (Å²) in [5.41, 5.74) is 2.38. The number of rotatable bonds is 4. The first-order valence-electron chi connectivity index (χ1n) is 8.19. The molecule has 2 aromatic rings. The molecule has 1 unspecified atom stereocenters. The summed E-state index contributed by atoms with van der Waals surface area (Å²) < 4.78 is 5.78. The summed E-state index contributed by atoms with van der Waals surface area (Å²) in [4.78, 5) is 6.88. The van der Waals surface area contributed by atoms with Crippen molar-refractivity contribution in [1.82, 2.24) is 10.3 Å². The Morgan fingerprint density at radius 2 is 2.26 bits per heavy atom. The van der Waals surface area contributed by atoms with E-state index in [-0.39, 0.29) is 0 Å². The number of hydrogen-bond acceptors (Lipinski definition) is 5. The first-order valence-corrected chi connectivity index (χ1v) is 8.19. The van der Waals surface area contributed by atoms with Crippen LogP contribution in [0, 0.1) is 11.3 Å². The summed E-state index contributed by atoms with van der Waals surface area (Å²) in [5, 5.41) is 14.2. The van der Waals surface area contributed by atoms with Gasteiger partial charge in [0.25, 0.3) is 0 Å². The number of nitrogens with zero attached hydrogens (tertiary/aromatic N) is 3. The van der Waals surface area contributed by atoms with Gasteiger partial charge in [-0.15, -0.1) is 0 Å². The van der Waals surface area contributed by atoms with Crippen LogP contribution in [0.25, 0.3) is 10.9 Å². The van der Waals surface area contributed by atoms with Crippen LogP contribution in [0.4, 0.5) is 5.69 Å². The first-order chi connectivity index (χ1) is 11.3. The fourth-order valence-corrected chi connectivity index (χ4v) is 3.05. The van der Waals surface area contributed by atoms with Gasteiger partial charge in [0.2, 0.25) is 5.88 Å². The average Bonchev–Trinajstić information content (AvgIpc) is 2.59. The molecule has 1 N–H and O–H groups in total. The highest BCUT2D eigenvalue weighted by Gasteiger charge is 2.26. The summed E-state index contributed by atoms with van der Waals surface area (Å²) in [6, 6.07) is 10.6. The summed E-state index contributed by atoms with van der Waals surface area (Å²) in [6.07, 6.45) is 0.888. The van der Waals surface area contributed by atoms with Gasteiger partial charge in [0, 0.05) is 31.1 Å². The standard InChI is InChI=1S/C18H22N4O/c1-3-10-23-18-15(11-19)17(22-9-8-20-12-13(22)2)14-6-4-5-7-16(14)21-18/h4-7,13,20H,3,8-10,12H2,1-2H3. The van der Waals surface area contributed by atoms with Gasteiger partial charge in [-0.25, -0.2) is 4.98 Å². The van der Waals surface area contributed by atoms with Crippen LogP contribution in [0.2, 0.25) is 0 Å². The van der Waals surface area contributed by atoms with Gasteiger partial charge < -0.3 is 15.0 Å². The van der Waals surface area contributed by atoms with E-state index in [1.165, 1.54) is 0 Å². The Labute approximate surface area is 136 Å². The number of anilines is 1. The van der Waals surface area contributed by atoms with Crippen molar-refractivity contribution in [2.75, 3.05) is 31.1 Å².